The molecule has 0 bridgehead atoms. The van der Waals surface area contributed by atoms with Gasteiger partial charge in [0.15, 0.2) is 0 Å². The molecule has 16 heavy (non-hydrogen) atoms. The van der Waals surface area contributed by atoms with Gasteiger partial charge in [-0.25, -0.2) is 0 Å². The second-order valence-corrected chi connectivity index (χ2v) is 5.85. The van der Waals surface area contributed by atoms with Crippen LogP contribution in [0.4, 0.5) is 0 Å². The molecular formula is C13H14BrNO. The van der Waals surface area contributed by atoms with Crippen LogP contribution in [0.15, 0.2) is 28.9 Å². The maximum atomic E-state index is 9.96. The van der Waals surface area contributed by atoms with Crippen LogP contribution in [0.2, 0.25) is 0 Å². The van der Waals surface area contributed by atoms with Crippen molar-refractivity contribution >= 4 is 26.8 Å². The van der Waals surface area contributed by atoms with E-state index in [4.69, 9.17) is 0 Å². The Labute approximate surface area is 103 Å². The zero-order chi connectivity index (χ0) is 11.9. The second kappa shape index (κ2) is 3.74. The minimum Gasteiger partial charge on any atom is -0.506 e. The maximum absolute atomic E-state index is 9.96. The van der Waals surface area contributed by atoms with E-state index in [0.717, 1.165) is 20.9 Å². The summed E-state index contributed by atoms with van der Waals surface area (Å²) >= 11 is 3.45. The SMILES string of the molecule is CC(C)(C)c1c(O)cnc2ccc(Br)cc12. The van der Waals surface area contributed by atoms with E-state index >= 15 is 0 Å². The highest BCUT2D eigenvalue weighted by Crippen LogP contribution is 2.36. The molecule has 0 aliphatic carbocycles. The van der Waals surface area contributed by atoms with Gasteiger partial charge in [0.05, 0.1) is 11.7 Å². The highest BCUT2D eigenvalue weighted by atomic mass is 79.9. The maximum Gasteiger partial charge on any atom is 0.138 e. The quantitative estimate of drug-likeness (QED) is 0.791. The molecule has 0 aliphatic rings. The molecule has 0 amide bonds. The fourth-order valence-electron chi connectivity index (χ4n) is 1.94. The number of fused-ring (bicyclic) bond motifs is 1. The third-order valence-corrected chi connectivity index (χ3v) is 3.05. The van der Waals surface area contributed by atoms with Gasteiger partial charge in [-0.15, -0.1) is 0 Å². The van der Waals surface area contributed by atoms with E-state index in [1.54, 1.807) is 0 Å². The predicted octanol–water partition coefficient (Wildman–Crippen LogP) is 4.00. The normalized spacial score (nSPS) is 12.0. The van der Waals surface area contributed by atoms with Gasteiger partial charge in [-0.05, 0) is 23.6 Å². The molecule has 0 saturated heterocycles. The van der Waals surface area contributed by atoms with Gasteiger partial charge in [0.1, 0.15) is 5.75 Å². The topological polar surface area (TPSA) is 33.1 Å². The molecule has 2 nitrogen and oxygen atoms in total. The summed E-state index contributed by atoms with van der Waals surface area (Å²) in [5, 5.41) is 11.0. The van der Waals surface area contributed by atoms with Gasteiger partial charge in [0.2, 0.25) is 0 Å². The van der Waals surface area contributed by atoms with Crippen molar-refractivity contribution in [2.75, 3.05) is 0 Å². The van der Waals surface area contributed by atoms with Gasteiger partial charge in [0.25, 0.3) is 0 Å². The minimum atomic E-state index is -0.105. The summed E-state index contributed by atoms with van der Waals surface area (Å²) in [4.78, 5) is 4.23. The first kappa shape index (κ1) is 11.4. The highest BCUT2D eigenvalue weighted by Gasteiger charge is 2.21. The summed E-state index contributed by atoms with van der Waals surface area (Å²) in [5.41, 5.74) is 1.75. The van der Waals surface area contributed by atoms with Crippen LogP contribution in [-0.2, 0) is 5.41 Å². The molecule has 1 N–H and O–H groups in total. The van der Waals surface area contributed by atoms with Gasteiger partial charge in [-0.2, -0.15) is 0 Å². The summed E-state index contributed by atoms with van der Waals surface area (Å²) in [6.07, 6.45) is 1.52. The van der Waals surface area contributed by atoms with Crippen molar-refractivity contribution in [3.63, 3.8) is 0 Å². The summed E-state index contributed by atoms with van der Waals surface area (Å²) in [6, 6.07) is 5.91. The van der Waals surface area contributed by atoms with Crippen LogP contribution in [0.5, 0.6) is 5.75 Å². The standard InChI is InChI=1S/C13H14BrNO/c1-13(2,3)12-9-6-8(14)4-5-10(9)15-7-11(12)16/h4-7,16H,1-3H3. The number of hydrogen-bond donors (Lipinski definition) is 1. The van der Waals surface area contributed by atoms with E-state index in [-0.39, 0.29) is 11.2 Å². The Kier molecular flexibility index (Phi) is 2.66. The lowest BCUT2D eigenvalue weighted by Gasteiger charge is -2.22. The number of hydrogen-bond acceptors (Lipinski definition) is 2. The molecule has 2 aromatic rings. The van der Waals surface area contributed by atoms with Gasteiger partial charge in [0, 0.05) is 15.4 Å². The summed E-state index contributed by atoms with van der Waals surface area (Å²) in [5.74, 6) is 0.262. The average molecular weight is 280 g/mol. The van der Waals surface area contributed by atoms with Crippen LogP contribution in [0.25, 0.3) is 10.9 Å². The molecule has 84 valence electrons. The molecular weight excluding hydrogens is 266 g/mol. The van der Waals surface area contributed by atoms with Crippen LogP contribution in [0.3, 0.4) is 0 Å². The number of pyridine rings is 1. The Balaban J connectivity index is 2.88. The number of aromatic nitrogens is 1. The molecule has 0 aliphatic heterocycles. The fraction of sp³-hybridized carbons (Fsp3) is 0.308. The fourth-order valence-corrected chi connectivity index (χ4v) is 2.30. The number of rotatable bonds is 0. The number of nitrogens with zero attached hydrogens (tertiary/aromatic N) is 1. The number of halogens is 1. The number of aromatic hydroxyl groups is 1. The first-order valence-electron chi connectivity index (χ1n) is 5.17. The largest absolute Gasteiger partial charge is 0.506 e. The highest BCUT2D eigenvalue weighted by molar-refractivity contribution is 9.10. The number of benzene rings is 1. The van der Waals surface area contributed by atoms with E-state index in [9.17, 15) is 5.11 Å². The monoisotopic (exact) mass is 279 g/mol. The molecule has 2 rings (SSSR count). The second-order valence-electron chi connectivity index (χ2n) is 4.93. The Bertz CT molecular complexity index is 538. The van der Waals surface area contributed by atoms with Crippen LogP contribution >= 0.6 is 15.9 Å². The average Bonchev–Trinajstić information content (AvgIpc) is 2.14. The van der Waals surface area contributed by atoms with Crippen molar-refractivity contribution in [2.45, 2.75) is 26.2 Å². The first-order chi connectivity index (χ1) is 7.39. The summed E-state index contributed by atoms with van der Waals surface area (Å²) < 4.78 is 0.998. The molecule has 1 heterocycles. The van der Waals surface area contributed by atoms with Crippen molar-refractivity contribution in [1.82, 2.24) is 4.98 Å². The van der Waals surface area contributed by atoms with Gasteiger partial charge in [-0.1, -0.05) is 36.7 Å². The van der Waals surface area contributed by atoms with Crippen molar-refractivity contribution in [3.05, 3.63) is 34.4 Å². The lowest BCUT2D eigenvalue weighted by Crippen LogP contribution is -2.12. The zero-order valence-electron chi connectivity index (χ0n) is 9.58. The van der Waals surface area contributed by atoms with Crippen molar-refractivity contribution in [2.24, 2.45) is 0 Å². The van der Waals surface area contributed by atoms with E-state index < -0.39 is 0 Å². The van der Waals surface area contributed by atoms with Gasteiger partial charge >= 0.3 is 0 Å². The third kappa shape index (κ3) is 1.92. The van der Waals surface area contributed by atoms with E-state index in [2.05, 4.69) is 41.7 Å². The van der Waals surface area contributed by atoms with Crippen LogP contribution in [0.1, 0.15) is 26.3 Å². The molecule has 0 spiro atoms. The Hall–Kier alpha value is -1.09. The van der Waals surface area contributed by atoms with Crippen LogP contribution in [0, 0.1) is 0 Å². The Morgan fingerprint density at radius 2 is 1.94 bits per heavy atom. The lowest BCUT2D eigenvalue weighted by molar-refractivity contribution is 0.447. The molecule has 0 saturated carbocycles. The minimum absolute atomic E-state index is 0.105. The van der Waals surface area contributed by atoms with Crippen LogP contribution < -0.4 is 0 Å². The zero-order valence-corrected chi connectivity index (χ0v) is 11.2. The Morgan fingerprint density at radius 1 is 1.25 bits per heavy atom. The van der Waals surface area contributed by atoms with Gasteiger partial charge < -0.3 is 5.11 Å². The van der Waals surface area contributed by atoms with E-state index in [0.29, 0.717) is 0 Å². The predicted molar refractivity (Wildman–Crippen MR) is 69.8 cm³/mol. The molecule has 0 fully saturated rings. The Morgan fingerprint density at radius 3 is 2.56 bits per heavy atom. The molecule has 1 aromatic carbocycles. The van der Waals surface area contributed by atoms with Crippen molar-refractivity contribution < 1.29 is 5.11 Å². The van der Waals surface area contributed by atoms with Crippen molar-refractivity contribution in [3.8, 4) is 5.75 Å². The van der Waals surface area contributed by atoms with Crippen molar-refractivity contribution in [1.29, 1.82) is 0 Å². The molecule has 1 aromatic heterocycles. The lowest BCUT2D eigenvalue weighted by atomic mass is 9.84. The summed E-state index contributed by atoms with van der Waals surface area (Å²) in [6.45, 7) is 6.26. The molecule has 0 radical (unpaired) electrons. The first-order valence-corrected chi connectivity index (χ1v) is 5.96. The smallest absolute Gasteiger partial charge is 0.138 e. The molecule has 3 heteroatoms. The van der Waals surface area contributed by atoms with E-state index in [1.165, 1.54) is 6.20 Å². The third-order valence-electron chi connectivity index (χ3n) is 2.56. The molecule has 0 atom stereocenters. The van der Waals surface area contributed by atoms with Crippen LogP contribution in [-0.4, -0.2) is 10.1 Å². The molecule has 0 unspecified atom stereocenters. The summed E-state index contributed by atoms with van der Waals surface area (Å²) in [7, 11) is 0. The van der Waals surface area contributed by atoms with E-state index in [1.807, 2.05) is 18.2 Å². The van der Waals surface area contributed by atoms with Gasteiger partial charge in [-0.3, -0.25) is 4.98 Å².